The van der Waals surface area contributed by atoms with Crippen molar-refractivity contribution in [3.05, 3.63) is 75.5 Å². The van der Waals surface area contributed by atoms with E-state index in [1.54, 1.807) is 21.9 Å². The quantitative estimate of drug-likeness (QED) is 0.317. The third-order valence-corrected chi connectivity index (χ3v) is 7.29. The molecule has 3 aromatic rings. The Bertz CT molecular complexity index is 1470. The SMILES string of the molecule is O=C(CCNC[C@@H]1c2ccccc2CN1c1cn[nH]c(=O)c1C(F)(F)F)N1CCN(c2ncc(C(F)(F)F)cn2)CC1. The average molecular weight is 597 g/mol. The molecule has 0 bridgehead atoms. The van der Waals surface area contributed by atoms with Crippen LogP contribution >= 0.6 is 0 Å². The van der Waals surface area contributed by atoms with Crippen LogP contribution in [0, 0.1) is 0 Å². The molecule has 2 aromatic heterocycles. The van der Waals surface area contributed by atoms with Crippen molar-refractivity contribution in [1.29, 1.82) is 0 Å². The first-order valence-corrected chi connectivity index (χ1v) is 13.1. The number of benzene rings is 1. The highest BCUT2D eigenvalue weighted by Crippen LogP contribution is 2.41. The first-order valence-electron chi connectivity index (χ1n) is 13.1. The number of amides is 1. The number of carbonyl (C=O) groups is 1. The van der Waals surface area contributed by atoms with Gasteiger partial charge in [-0.05, 0) is 11.1 Å². The van der Waals surface area contributed by atoms with Gasteiger partial charge in [-0.15, -0.1) is 0 Å². The zero-order valence-corrected chi connectivity index (χ0v) is 22.0. The molecular weight excluding hydrogens is 570 g/mol. The fraction of sp³-hybridized carbons (Fsp3) is 0.423. The summed E-state index contributed by atoms with van der Waals surface area (Å²) in [6.07, 6.45) is -6.82. The first kappa shape index (κ1) is 29.3. The summed E-state index contributed by atoms with van der Waals surface area (Å²) < 4.78 is 79.6. The lowest BCUT2D eigenvalue weighted by Crippen LogP contribution is -2.49. The summed E-state index contributed by atoms with van der Waals surface area (Å²) in [7, 11) is 0. The lowest BCUT2D eigenvalue weighted by molar-refractivity contribution is -0.139. The van der Waals surface area contributed by atoms with Crippen LogP contribution in [0.15, 0.2) is 47.7 Å². The van der Waals surface area contributed by atoms with Crippen molar-refractivity contribution in [2.45, 2.75) is 31.4 Å². The van der Waals surface area contributed by atoms with Crippen LogP contribution in [0.1, 0.15) is 34.7 Å². The van der Waals surface area contributed by atoms with Gasteiger partial charge in [-0.1, -0.05) is 24.3 Å². The predicted octanol–water partition coefficient (Wildman–Crippen LogP) is 2.99. The van der Waals surface area contributed by atoms with E-state index in [1.165, 1.54) is 4.90 Å². The minimum Gasteiger partial charge on any atom is -0.357 e. The number of alkyl halides is 6. The van der Waals surface area contributed by atoms with Crippen molar-refractivity contribution < 1.29 is 31.1 Å². The number of hydrogen-bond donors (Lipinski definition) is 2. The Morgan fingerprint density at radius 2 is 1.67 bits per heavy atom. The maximum atomic E-state index is 13.8. The summed E-state index contributed by atoms with van der Waals surface area (Å²) in [5.41, 5.74) is -2.26. The molecule has 4 heterocycles. The number of nitrogens with zero attached hydrogens (tertiary/aromatic N) is 6. The van der Waals surface area contributed by atoms with Gasteiger partial charge in [0.25, 0.3) is 5.56 Å². The second-order valence-electron chi connectivity index (χ2n) is 9.89. The molecule has 224 valence electrons. The molecule has 0 spiro atoms. The third kappa shape index (κ3) is 6.17. The smallest absolute Gasteiger partial charge is 0.357 e. The number of anilines is 2. The maximum Gasteiger partial charge on any atom is 0.423 e. The van der Waals surface area contributed by atoms with Crippen molar-refractivity contribution in [3.63, 3.8) is 0 Å². The normalized spacial score (nSPS) is 17.5. The van der Waals surface area contributed by atoms with Gasteiger partial charge in [0.2, 0.25) is 11.9 Å². The van der Waals surface area contributed by atoms with Crippen LogP contribution in [0.25, 0.3) is 0 Å². The molecule has 1 amide bonds. The van der Waals surface area contributed by atoms with E-state index in [-0.39, 0.29) is 43.6 Å². The van der Waals surface area contributed by atoms with E-state index >= 15 is 0 Å². The van der Waals surface area contributed by atoms with E-state index in [0.717, 1.165) is 29.7 Å². The first-order chi connectivity index (χ1) is 19.9. The van der Waals surface area contributed by atoms with Crippen LogP contribution in [-0.2, 0) is 23.7 Å². The van der Waals surface area contributed by atoms with Crippen LogP contribution < -0.4 is 20.7 Å². The molecule has 42 heavy (non-hydrogen) atoms. The molecule has 1 aromatic carbocycles. The third-order valence-electron chi connectivity index (χ3n) is 7.29. The average Bonchev–Trinajstić information content (AvgIpc) is 3.32. The Hall–Kier alpha value is -4.21. The van der Waals surface area contributed by atoms with Crippen LogP contribution in [0.5, 0.6) is 0 Å². The van der Waals surface area contributed by atoms with Crippen molar-refractivity contribution in [1.82, 2.24) is 30.4 Å². The van der Waals surface area contributed by atoms with Gasteiger partial charge in [-0.3, -0.25) is 9.59 Å². The minimum absolute atomic E-state index is 0.130. The van der Waals surface area contributed by atoms with Gasteiger partial charge in [-0.25, -0.2) is 15.1 Å². The van der Waals surface area contributed by atoms with Crippen molar-refractivity contribution in [2.24, 2.45) is 0 Å². The van der Waals surface area contributed by atoms with Crippen LogP contribution in [-0.4, -0.2) is 70.2 Å². The molecular formula is C26H26F6N8O2. The molecule has 0 saturated carbocycles. The van der Waals surface area contributed by atoms with E-state index in [0.29, 0.717) is 26.2 Å². The molecule has 1 saturated heterocycles. The summed E-state index contributed by atoms with van der Waals surface area (Å²) in [4.78, 5) is 37.3. The van der Waals surface area contributed by atoms with E-state index in [4.69, 9.17) is 0 Å². The lowest BCUT2D eigenvalue weighted by Gasteiger charge is -2.35. The van der Waals surface area contributed by atoms with Crippen LogP contribution in [0.2, 0.25) is 0 Å². The number of rotatable bonds is 7. The van der Waals surface area contributed by atoms with Gasteiger partial charge in [0.1, 0.15) is 5.56 Å². The summed E-state index contributed by atoms with van der Waals surface area (Å²) in [6.45, 7) is 2.00. The standard InChI is InChI=1S/C26H26F6N8O2/c27-25(28,29)17-11-34-24(35-12-17)39-9-7-38(8-10-39)21(41)5-6-33-13-19-18-4-2-1-3-16(18)15-40(19)20-14-36-37-23(42)22(20)26(30,31)32/h1-4,11-12,14,19,33H,5-10,13,15H2,(H,37,42)/t19-/m1/s1. The summed E-state index contributed by atoms with van der Waals surface area (Å²) in [5.74, 6) is 0.0137. The van der Waals surface area contributed by atoms with E-state index < -0.39 is 35.1 Å². The number of halogens is 6. The number of nitrogens with one attached hydrogen (secondary N) is 2. The second kappa shape index (κ2) is 11.6. The summed E-state index contributed by atoms with van der Waals surface area (Å²) in [6, 6.07) is 6.67. The number of aromatic amines is 1. The largest absolute Gasteiger partial charge is 0.423 e. The highest BCUT2D eigenvalue weighted by atomic mass is 19.4. The fourth-order valence-electron chi connectivity index (χ4n) is 5.20. The molecule has 5 rings (SSSR count). The topological polar surface area (TPSA) is 110 Å². The number of H-pyrrole nitrogens is 1. The lowest BCUT2D eigenvalue weighted by atomic mass is 10.0. The number of hydrogen-bond acceptors (Lipinski definition) is 8. The summed E-state index contributed by atoms with van der Waals surface area (Å²) >= 11 is 0. The Morgan fingerprint density at radius 1 is 0.976 bits per heavy atom. The van der Waals surface area contributed by atoms with Gasteiger partial charge in [0, 0.05) is 64.6 Å². The van der Waals surface area contributed by atoms with Crippen molar-refractivity contribution >= 4 is 17.5 Å². The minimum atomic E-state index is -4.88. The molecule has 2 N–H and O–H groups in total. The fourth-order valence-corrected chi connectivity index (χ4v) is 5.20. The monoisotopic (exact) mass is 596 g/mol. The Balaban J connectivity index is 1.17. The van der Waals surface area contributed by atoms with Crippen molar-refractivity contribution in [2.75, 3.05) is 49.1 Å². The molecule has 0 unspecified atom stereocenters. The molecule has 0 aliphatic carbocycles. The van der Waals surface area contributed by atoms with Gasteiger partial charge in [-0.2, -0.15) is 31.4 Å². The Labute approximate surface area is 235 Å². The van der Waals surface area contributed by atoms with E-state index in [9.17, 15) is 35.9 Å². The molecule has 1 atom stereocenters. The molecule has 1 fully saturated rings. The highest BCUT2D eigenvalue weighted by Gasteiger charge is 2.41. The molecule has 2 aliphatic rings. The van der Waals surface area contributed by atoms with Gasteiger partial charge in [0.05, 0.1) is 23.5 Å². The van der Waals surface area contributed by atoms with Crippen LogP contribution in [0.4, 0.5) is 38.0 Å². The zero-order valence-electron chi connectivity index (χ0n) is 22.0. The molecule has 0 radical (unpaired) electrons. The van der Waals surface area contributed by atoms with Gasteiger partial charge in [0.15, 0.2) is 0 Å². The van der Waals surface area contributed by atoms with Crippen LogP contribution in [0.3, 0.4) is 0 Å². The highest BCUT2D eigenvalue weighted by molar-refractivity contribution is 5.76. The zero-order chi connectivity index (χ0) is 30.1. The van der Waals surface area contributed by atoms with E-state index in [1.807, 2.05) is 17.2 Å². The van der Waals surface area contributed by atoms with Gasteiger partial charge >= 0.3 is 12.4 Å². The molecule has 2 aliphatic heterocycles. The molecule has 10 nitrogen and oxygen atoms in total. The summed E-state index contributed by atoms with van der Waals surface area (Å²) in [5, 5.41) is 8.63. The predicted molar refractivity (Wildman–Crippen MR) is 139 cm³/mol. The second-order valence-corrected chi connectivity index (χ2v) is 9.89. The Kier molecular flexibility index (Phi) is 8.08. The number of carbonyl (C=O) groups excluding carboxylic acids is 1. The molecule has 16 heteroatoms. The number of piperazine rings is 1. The van der Waals surface area contributed by atoms with Gasteiger partial charge < -0.3 is 20.0 Å². The maximum absolute atomic E-state index is 13.8. The Morgan fingerprint density at radius 3 is 2.33 bits per heavy atom. The number of fused-ring (bicyclic) bond motifs is 1. The number of aromatic nitrogens is 4. The van der Waals surface area contributed by atoms with Crippen molar-refractivity contribution in [3.8, 4) is 0 Å². The van der Waals surface area contributed by atoms with E-state index in [2.05, 4.69) is 20.4 Å².